The summed E-state index contributed by atoms with van der Waals surface area (Å²) in [6.45, 7) is 7.99. The molecular weight excluding hydrogens is 459 g/mol. The number of hydrogen-bond acceptors (Lipinski definition) is 8. The van der Waals surface area contributed by atoms with E-state index in [-0.39, 0.29) is 19.0 Å². The van der Waals surface area contributed by atoms with E-state index in [4.69, 9.17) is 9.47 Å². The average molecular weight is 489 g/mol. The summed E-state index contributed by atoms with van der Waals surface area (Å²) in [5.74, 6) is 0.272. The Balaban J connectivity index is 1.73. The number of aliphatic hydroxyl groups excluding tert-OH is 1. The van der Waals surface area contributed by atoms with Crippen LogP contribution in [0.1, 0.15) is 26.3 Å². The Morgan fingerprint density at radius 3 is 2.68 bits per heavy atom. The Morgan fingerprint density at radius 1 is 1.24 bits per heavy atom. The lowest BCUT2D eigenvalue weighted by atomic mass is 10.1. The summed E-state index contributed by atoms with van der Waals surface area (Å²) < 4.78 is 42.2. The molecule has 0 spiro atoms. The van der Waals surface area contributed by atoms with Gasteiger partial charge in [0.15, 0.2) is 6.10 Å². The molecule has 2 N–H and O–H groups in total. The fourth-order valence-electron chi connectivity index (χ4n) is 3.48. The lowest BCUT2D eigenvalue weighted by Gasteiger charge is -2.21. The van der Waals surface area contributed by atoms with Crippen molar-refractivity contribution in [3.8, 4) is 5.75 Å². The summed E-state index contributed by atoms with van der Waals surface area (Å²) >= 11 is 0. The topological polar surface area (TPSA) is 106 Å². The molecule has 10 heteroatoms. The summed E-state index contributed by atoms with van der Waals surface area (Å²) in [4.78, 5) is 8.77. The first-order valence-corrected chi connectivity index (χ1v) is 12.8. The first-order chi connectivity index (χ1) is 15.9. The molecule has 34 heavy (non-hydrogen) atoms. The molecule has 3 aromatic rings. The summed E-state index contributed by atoms with van der Waals surface area (Å²) in [7, 11) is -2.49. The van der Waals surface area contributed by atoms with Crippen LogP contribution in [0.25, 0.3) is 10.9 Å². The molecule has 1 aromatic heterocycles. The van der Waals surface area contributed by atoms with Gasteiger partial charge in [-0.1, -0.05) is 0 Å². The van der Waals surface area contributed by atoms with Crippen molar-refractivity contribution in [2.75, 3.05) is 24.8 Å². The number of fused-ring (bicyclic) bond motifs is 1. The Labute approximate surface area is 198 Å². The van der Waals surface area contributed by atoms with Gasteiger partial charge in [-0.05, 0) is 57.5 Å². The maximum atomic E-state index is 14.0. The van der Waals surface area contributed by atoms with Gasteiger partial charge in [0.2, 0.25) is 0 Å². The van der Waals surface area contributed by atoms with Crippen LogP contribution in [0.5, 0.6) is 5.75 Å². The number of anilines is 2. The second-order valence-electron chi connectivity index (χ2n) is 9.41. The second kappa shape index (κ2) is 9.09. The van der Waals surface area contributed by atoms with Crippen LogP contribution >= 0.6 is 0 Å². The second-order valence-corrected chi connectivity index (χ2v) is 12.4. The number of halogens is 1. The molecule has 2 aromatic carbocycles. The lowest BCUT2D eigenvalue weighted by Crippen LogP contribution is -2.30. The van der Waals surface area contributed by atoms with E-state index in [1.807, 2.05) is 33.8 Å². The van der Waals surface area contributed by atoms with Crippen molar-refractivity contribution in [2.45, 2.75) is 44.6 Å². The van der Waals surface area contributed by atoms with Gasteiger partial charge in [0.25, 0.3) is 0 Å². The molecule has 1 aliphatic heterocycles. The zero-order valence-electron chi connectivity index (χ0n) is 19.8. The highest BCUT2D eigenvalue weighted by Gasteiger charge is 2.29. The largest absolute Gasteiger partial charge is 0.483 e. The third kappa shape index (κ3) is 4.98. The molecule has 0 bridgehead atoms. The normalized spacial score (nSPS) is 20.2. The quantitative estimate of drug-likeness (QED) is 0.545. The maximum Gasteiger partial charge on any atom is 0.150 e. The van der Waals surface area contributed by atoms with E-state index in [0.29, 0.717) is 22.7 Å². The van der Waals surface area contributed by atoms with Crippen molar-refractivity contribution >= 4 is 37.8 Å². The van der Waals surface area contributed by atoms with Gasteiger partial charge in [-0.15, -0.1) is 0 Å². The van der Waals surface area contributed by atoms with Gasteiger partial charge in [0.1, 0.15) is 29.8 Å². The highest BCUT2D eigenvalue weighted by Crippen LogP contribution is 2.35. The molecule has 1 saturated heterocycles. The SMILES string of the molecule is Cc1cc(N=S(C)(=O)C(C)(C)C)cc2ncnc(Nc3ccc(F)cc3O[C@H]3COC[C@@H]3O)c12. The number of aryl methyl sites for hydroxylation is 1. The van der Waals surface area contributed by atoms with Crippen LogP contribution in [0.15, 0.2) is 41.0 Å². The zero-order valence-corrected chi connectivity index (χ0v) is 20.6. The van der Waals surface area contributed by atoms with Crippen molar-refractivity contribution in [1.29, 1.82) is 0 Å². The number of ether oxygens (including phenoxy) is 2. The van der Waals surface area contributed by atoms with Gasteiger partial charge in [-0.2, -0.15) is 4.36 Å². The van der Waals surface area contributed by atoms with Crippen LogP contribution in [-0.4, -0.2) is 55.7 Å². The number of rotatable bonds is 5. The number of nitrogens with one attached hydrogen (secondary N) is 1. The van der Waals surface area contributed by atoms with E-state index in [1.165, 1.54) is 18.5 Å². The molecule has 1 unspecified atom stereocenters. The van der Waals surface area contributed by atoms with Crippen LogP contribution < -0.4 is 10.1 Å². The number of nitrogens with zero attached hydrogens (tertiary/aromatic N) is 3. The zero-order chi connectivity index (χ0) is 24.7. The molecule has 1 aliphatic rings. The fraction of sp³-hybridized carbons (Fsp3) is 0.417. The molecule has 3 atom stereocenters. The molecule has 0 aliphatic carbocycles. The fourth-order valence-corrected chi connectivity index (χ4v) is 4.26. The maximum absolute atomic E-state index is 14.0. The van der Waals surface area contributed by atoms with E-state index >= 15 is 0 Å². The number of aromatic nitrogens is 2. The van der Waals surface area contributed by atoms with Gasteiger partial charge in [-0.3, -0.25) is 0 Å². The third-order valence-corrected chi connectivity index (χ3v) is 8.64. The Morgan fingerprint density at radius 2 is 2.00 bits per heavy atom. The number of hydrogen-bond donors (Lipinski definition) is 2. The van der Waals surface area contributed by atoms with E-state index in [0.717, 1.165) is 10.9 Å². The van der Waals surface area contributed by atoms with E-state index in [9.17, 15) is 13.7 Å². The van der Waals surface area contributed by atoms with Crippen LogP contribution in [0, 0.1) is 12.7 Å². The van der Waals surface area contributed by atoms with E-state index in [1.54, 1.807) is 18.4 Å². The highest BCUT2D eigenvalue weighted by molar-refractivity contribution is 7.94. The minimum Gasteiger partial charge on any atom is -0.483 e. The van der Waals surface area contributed by atoms with E-state index in [2.05, 4.69) is 19.6 Å². The Hall–Kier alpha value is -2.82. The first-order valence-electron chi connectivity index (χ1n) is 10.9. The summed E-state index contributed by atoms with van der Waals surface area (Å²) in [5.41, 5.74) is 2.54. The van der Waals surface area contributed by atoms with Crippen molar-refractivity contribution in [3.05, 3.63) is 48.0 Å². The monoisotopic (exact) mass is 488 g/mol. The minimum absolute atomic E-state index is 0.172. The highest BCUT2D eigenvalue weighted by atomic mass is 32.2. The van der Waals surface area contributed by atoms with Crippen LogP contribution in [0.2, 0.25) is 0 Å². The van der Waals surface area contributed by atoms with Gasteiger partial charge in [0, 0.05) is 22.5 Å². The van der Waals surface area contributed by atoms with Gasteiger partial charge in [0.05, 0.1) is 39.8 Å². The number of aliphatic hydroxyl groups is 1. The van der Waals surface area contributed by atoms with E-state index < -0.39 is 32.5 Å². The Kier molecular flexibility index (Phi) is 6.50. The lowest BCUT2D eigenvalue weighted by molar-refractivity contribution is 0.0736. The van der Waals surface area contributed by atoms with Crippen molar-refractivity contribution < 1.29 is 23.2 Å². The van der Waals surface area contributed by atoms with Crippen LogP contribution in [-0.2, 0) is 14.5 Å². The molecule has 1 fully saturated rings. The predicted molar refractivity (Wildman–Crippen MR) is 131 cm³/mol. The van der Waals surface area contributed by atoms with Crippen LogP contribution in [0.3, 0.4) is 0 Å². The number of benzene rings is 2. The molecular formula is C24H29FN4O4S. The Bertz CT molecular complexity index is 1350. The van der Waals surface area contributed by atoms with Crippen LogP contribution in [0.4, 0.5) is 21.6 Å². The van der Waals surface area contributed by atoms with Gasteiger partial charge >= 0.3 is 0 Å². The molecule has 0 saturated carbocycles. The van der Waals surface area contributed by atoms with Crippen molar-refractivity contribution in [1.82, 2.24) is 9.97 Å². The van der Waals surface area contributed by atoms with Gasteiger partial charge in [-0.25, -0.2) is 18.6 Å². The summed E-state index contributed by atoms with van der Waals surface area (Å²) in [5, 5.41) is 14.0. The van der Waals surface area contributed by atoms with Crippen molar-refractivity contribution in [3.63, 3.8) is 0 Å². The molecule has 0 amide bonds. The molecule has 2 heterocycles. The first kappa shape index (κ1) is 24.3. The third-order valence-electron chi connectivity index (χ3n) is 5.81. The molecule has 4 rings (SSSR count). The van der Waals surface area contributed by atoms with Crippen molar-refractivity contribution in [2.24, 2.45) is 4.36 Å². The molecule has 182 valence electrons. The molecule has 0 radical (unpaired) electrons. The summed E-state index contributed by atoms with van der Waals surface area (Å²) in [6.07, 6.45) is 1.69. The van der Waals surface area contributed by atoms with Gasteiger partial charge < -0.3 is 19.9 Å². The predicted octanol–water partition coefficient (Wildman–Crippen LogP) is 4.49. The smallest absolute Gasteiger partial charge is 0.150 e. The standard InChI is InChI=1S/C24H29FN4O4S/c1-14-8-16(29-34(5,31)24(2,3)4)10-18-22(14)23(27-13-26-18)28-17-7-6-15(25)9-20(17)33-21-12-32-11-19(21)30/h6-10,13,19,21,30H,11-12H2,1-5H3,(H,26,27,28)/t19-,21-,34?/m0/s1. The molecule has 8 nitrogen and oxygen atoms in total. The average Bonchev–Trinajstić information content (AvgIpc) is 3.13. The minimum atomic E-state index is -2.49. The summed E-state index contributed by atoms with van der Waals surface area (Å²) in [6, 6.07) is 7.74.